The molecule has 20 heavy (non-hydrogen) atoms. The van der Waals surface area contributed by atoms with Gasteiger partial charge in [0, 0.05) is 12.6 Å². The number of halogens is 3. The lowest BCUT2D eigenvalue weighted by atomic mass is 10.0. The molecule has 1 rings (SSSR count). The molecule has 1 aromatic rings. The lowest BCUT2D eigenvalue weighted by Gasteiger charge is -2.20. The molecule has 2 nitrogen and oxygen atoms in total. The number of hydrogen-bond donors (Lipinski definition) is 1. The van der Waals surface area contributed by atoms with Crippen LogP contribution in [0.3, 0.4) is 0 Å². The first-order chi connectivity index (χ1) is 9.53. The summed E-state index contributed by atoms with van der Waals surface area (Å²) < 4.78 is 43.0. The van der Waals surface area contributed by atoms with Gasteiger partial charge in [0.2, 0.25) is 0 Å². The van der Waals surface area contributed by atoms with E-state index in [1.54, 1.807) is 36.4 Å². The summed E-state index contributed by atoms with van der Waals surface area (Å²) in [5.41, 5.74) is 0.635. The van der Waals surface area contributed by atoms with E-state index >= 15 is 0 Å². The van der Waals surface area contributed by atoms with Crippen molar-refractivity contribution < 1.29 is 17.9 Å². The smallest absolute Gasteiger partial charge is 0.380 e. The molecule has 0 radical (unpaired) electrons. The van der Waals surface area contributed by atoms with Crippen molar-refractivity contribution in [2.75, 3.05) is 19.8 Å². The molecular formula is C15H20F3NO. The fraction of sp³-hybridized carbons (Fsp3) is 0.467. The molecule has 0 spiro atoms. The predicted molar refractivity (Wildman–Crippen MR) is 73.5 cm³/mol. The van der Waals surface area contributed by atoms with E-state index < -0.39 is 18.6 Å². The normalized spacial score (nSPS) is 13.2. The van der Waals surface area contributed by atoms with Crippen LogP contribution in [0.15, 0.2) is 43.0 Å². The van der Waals surface area contributed by atoms with Crippen molar-refractivity contribution in [2.45, 2.75) is 25.1 Å². The van der Waals surface area contributed by atoms with Gasteiger partial charge in [-0.15, -0.1) is 6.58 Å². The Hall–Kier alpha value is -1.33. The lowest BCUT2D eigenvalue weighted by Crippen LogP contribution is -2.29. The zero-order chi connectivity index (χ0) is 14.8. The van der Waals surface area contributed by atoms with E-state index in [1.807, 2.05) is 0 Å². The zero-order valence-electron chi connectivity index (χ0n) is 11.3. The summed E-state index contributed by atoms with van der Waals surface area (Å²) in [6, 6.07) is 7.91. The van der Waals surface area contributed by atoms with Gasteiger partial charge in [-0.05, 0) is 12.0 Å². The highest BCUT2D eigenvalue weighted by atomic mass is 19.4. The summed E-state index contributed by atoms with van der Waals surface area (Å²) in [5.74, 6) is 0. The molecule has 0 saturated heterocycles. The number of rotatable bonds is 9. The van der Waals surface area contributed by atoms with Gasteiger partial charge >= 0.3 is 6.18 Å². The van der Waals surface area contributed by atoms with Gasteiger partial charge < -0.3 is 10.1 Å². The topological polar surface area (TPSA) is 21.3 Å². The quantitative estimate of drug-likeness (QED) is 0.550. The number of benzene rings is 1. The monoisotopic (exact) mass is 287 g/mol. The van der Waals surface area contributed by atoms with Crippen molar-refractivity contribution >= 4 is 0 Å². The summed E-state index contributed by atoms with van der Waals surface area (Å²) >= 11 is 0. The minimum atomic E-state index is -4.20. The Kier molecular flexibility index (Phi) is 7.33. The fourth-order valence-corrected chi connectivity index (χ4v) is 1.80. The third kappa shape index (κ3) is 7.31. The van der Waals surface area contributed by atoms with Crippen molar-refractivity contribution in [3.8, 4) is 0 Å². The second-order valence-corrected chi connectivity index (χ2v) is 4.43. The van der Waals surface area contributed by atoms with Crippen LogP contribution in [-0.4, -0.2) is 25.9 Å². The van der Waals surface area contributed by atoms with Gasteiger partial charge in [-0.25, -0.2) is 0 Å². The van der Waals surface area contributed by atoms with Gasteiger partial charge in [0.05, 0.1) is 19.6 Å². The zero-order valence-corrected chi connectivity index (χ0v) is 11.3. The maximum absolute atomic E-state index is 12.6. The van der Waals surface area contributed by atoms with Crippen molar-refractivity contribution in [3.05, 3.63) is 48.6 Å². The van der Waals surface area contributed by atoms with Crippen LogP contribution in [0.2, 0.25) is 0 Å². The molecule has 0 aliphatic heterocycles. The predicted octanol–water partition coefficient (Wildman–Crippen LogP) is 3.86. The second kappa shape index (κ2) is 8.76. The van der Waals surface area contributed by atoms with E-state index in [-0.39, 0.29) is 0 Å². The van der Waals surface area contributed by atoms with Crippen molar-refractivity contribution in [3.63, 3.8) is 0 Å². The van der Waals surface area contributed by atoms with E-state index in [1.165, 1.54) is 0 Å². The summed E-state index contributed by atoms with van der Waals surface area (Å²) in [6.45, 7) is 4.87. The molecule has 0 aliphatic rings. The largest absolute Gasteiger partial charge is 0.390 e. The molecule has 0 saturated carbocycles. The van der Waals surface area contributed by atoms with Crippen LogP contribution in [-0.2, 0) is 4.74 Å². The van der Waals surface area contributed by atoms with Crippen LogP contribution >= 0.6 is 0 Å². The van der Waals surface area contributed by atoms with Crippen LogP contribution in [0.4, 0.5) is 13.2 Å². The maximum Gasteiger partial charge on any atom is 0.390 e. The minimum absolute atomic E-state index is 0.382. The van der Waals surface area contributed by atoms with Crippen LogP contribution in [0.5, 0.6) is 0 Å². The molecule has 1 atom stereocenters. The average molecular weight is 287 g/mol. The van der Waals surface area contributed by atoms with Gasteiger partial charge in [-0.2, -0.15) is 13.2 Å². The minimum Gasteiger partial charge on any atom is -0.380 e. The van der Waals surface area contributed by atoms with Gasteiger partial charge in [0.1, 0.15) is 0 Å². The van der Waals surface area contributed by atoms with Gasteiger partial charge in [-0.3, -0.25) is 0 Å². The molecule has 1 N–H and O–H groups in total. The highest BCUT2D eigenvalue weighted by molar-refractivity contribution is 5.19. The molecule has 1 aromatic carbocycles. The SMILES string of the molecule is C=CCCOCCNC(CC(F)(F)F)c1ccccc1. The maximum atomic E-state index is 12.6. The lowest BCUT2D eigenvalue weighted by molar-refractivity contribution is -0.140. The third-order valence-corrected chi connectivity index (χ3v) is 2.74. The van der Waals surface area contributed by atoms with E-state index in [0.717, 1.165) is 6.42 Å². The molecule has 0 fully saturated rings. The van der Waals surface area contributed by atoms with E-state index in [4.69, 9.17) is 4.74 Å². The number of hydrogen-bond acceptors (Lipinski definition) is 2. The third-order valence-electron chi connectivity index (χ3n) is 2.74. The van der Waals surface area contributed by atoms with Crippen LogP contribution < -0.4 is 5.32 Å². The standard InChI is InChI=1S/C15H20F3NO/c1-2-3-10-20-11-9-19-14(12-15(16,17)18)13-7-5-4-6-8-13/h2,4-8,14,19H,1,3,9-12H2. The number of nitrogens with one attached hydrogen (secondary N) is 1. The molecule has 0 amide bonds. The Morgan fingerprint density at radius 2 is 1.90 bits per heavy atom. The fourth-order valence-electron chi connectivity index (χ4n) is 1.80. The molecule has 0 aliphatic carbocycles. The van der Waals surface area contributed by atoms with E-state index in [0.29, 0.717) is 25.3 Å². The summed E-state index contributed by atoms with van der Waals surface area (Å²) in [7, 11) is 0. The first-order valence-electron chi connectivity index (χ1n) is 6.56. The van der Waals surface area contributed by atoms with Crippen LogP contribution in [0.1, 0.15) is 24.4 Å². The number of alkyl halides is 3. The average Bonchev–Trinajstić information content (AvgIpc) is 2.41. The molecule has 0 heterocycles. The first-order valence-corrected chi connectivity index (χ1v) is 6.56. The van der Waals surface area contributed by atoms with Gasteiger partial charge in [-0.1, -0.05) is 36.4 Å². The number of ether oxygens (including phenoxy) is 1. The summed E-state index contributed by atoms with van der Waals surface area (Å²) in [6.07, 6.45) is -2.60. The first kappa shape index (κ1) is 16.7. The molecule has 112 valence electrons. The van der Waals surface area contributed by atoms with Gasteiger partial charge in [0.15, 0.2) is 0 Å². The van der Waals surface area contributed by atoms with Crippen molar-refractivity contribution in [1.82, 2.24) is 5.32 Å². The van der Waals surface area contributed by atoms with Crippen molar-refractivity contribution in [1.29, 1.82) is 0 Å². The molecule has 0 aromatic heterocycles. The highest BCUT2D eigenvalue weighted by Gasteiger charge is 2.32. The Morgan fingerprint density at radius 3 is 2.50 bits per heavy atom. The molecule has 1 unspecified atom stereocenters. The summed E-state index contributed by atoms with van der Waals surface area (Å²) in [4.78, 5) is 0. The Balaban J connectivity index is 2.45. The highest BCUT2D eigenvalue weighted by Crippen LogP contribution is 2.29. The molecular weight excluding hydrogens is 267 g/mol. The second-order valence-electron chi connectivity index (χ2n) is 4.43. The Morgan fingerprint density at radius 1 is 1.20 bits per heavy atom. The van der Waals surface area contributed by atoms with E-state index in [2.05, 4.69) is 11.9 Å². The van der Waals surface area contributed by atoms with Gasteiger partial charge in [0.25, 0.3) is 0 Å². The van der Waals surface area contributed by atoms with Crippen molar-refractivity contribution in [2.24, 2.45) is 0 Å². The van der Waals surface area contributed by atoms with E-state index in [9.17, 15) is 13.2 Å². The van der Waals surface area contributed by atoms with Crippen LogP contribution in [0.25, 0.3) is 0 Å². The summed E-state index contributed by atoms with van der Waals surface area (Å²) in [5, 5.41) is 2.90. The molecule has 0 bridgehead atoms. The van der Waals surface area contributed by atoms with Crippen LogP contribution in [0, 0.1) is 0 Å². The Labute approximate surface area is 117 Å². The molecule has 5 heteroatoms. The Bertz CT molecular complexity index is 378.